The lowest BCUT2D eigenvalue weighted by molar-refractivity contribution is -0.143. The third-order valence-corrected chi connectivity index (χ3v) is 3.05. The number of carbonyl (C=O) groups is 1. The largest absolute Gasteiger partial charge is 0.420 e. The Bertz CT molecular complexity index is 483. The van der Waals surface area contributed by atoms with Crippen LogP contribution >= 0.6 is 9.24 Å². The van der Waals surface area contributed by atoms with Crippen LogP contribution in [0.3, 0.4) is 0 Å². The number of hydrogen-bond acceptors (Lipinski definition) is 2. The monoisotopic (exact) mass is 276 g/mol. The standard InChI is InChI=1S/C11H13BF3O2P/c1-11(2,3)10(16)17-8-6(14)5(13)4(12)9(18)7(8)15/h12,18H2,1-3H3. The summed E-state index contributed by atoms with van der Waals surface area (Å²) in [7, 11) is 3.19. The number of halogens is 3. The maximum absolute atomic E-state index is 13.7. The first-order chi connectivity index (χ1) is 8.07. The number of esters is 1. The van der Waals surface area contributed by atoms with E-state index in [-0.39, 0.29) is 10.8 Å². The van der Waals surface area contributed by atoms with Crippen molar-refractivity contribution in [2.75, 3.05) is 0 Å². The third-order valence-electron chi connectivity index (χ3n) is 2.37. The molecule has 1 aromatic carbocycles. The van der Waals surface area contributed by atoms with Crippen LogP contribution in [0.15, 0.2) is 0 Å². The highest BCUT2D eigenvalue weighted by molar-refractivity contribution is 7.28. The normalized spacial score (nSPS) is 11.5. The van der Waals surface area contributed by atoms with Crippen molar-refractivity contribution < 1.29 is 22.7 Å². The van der Waals surface area contributed by atoms with E-state index in [4.69, 9.17) is 0 Å². The second kappa shape index (κ2) is 4.92. The van der Waals surface area contributed by atoms with E-state index in [1.54, 1.807) is 0 Å². The molecule has 0 saturated carbocycles. The molecule has 0 saturated heterocycles. The molecule has 0 spiro atoms. The molecule has 0 aliphatic carbocycles. The fraction of sp³-hybridized carbons (Fsp3) is 0.364. The van der Waals surface area contributed by atoms with Crippen molar-refractivity contribution in [1.82, 2.24) is 0 Å². The Hall–Kier alpha value is -1.03. The van der Waals surface area contributed by atoms with Crippen LogP contribution in [-0.4, -0.2) is 13.8 Å². The lowest BCUT2D eigenvalue weighted by Gasteiger charge is -2.18. The van der Waals surface area contributed by atoms with E-state index in [0.717, 1.165) is 0 Å². The molecule has 0 aromatic heterocycles. The number of carbonyl (C=O) groups excluding carboxylic acids is 1. The van der Waals surface area contributed by atoms with Crippen molar-refractivity contribution in [3.63, 3.8) is 0 Å². The molecule has 2 nitrogen and oxygen atoms in total. The van der Waals surface area contributed by atoms with Crippen molar-refractivity contribution in [2.45, 2.75) is 20.8 Å². The summed E-state index contributed by atoms with van der Waals surface area (Å²) < 4.78 is 45.3. The molecule has 0 heterocycles. The first-order valence-electron chi connectivity index (χ1n) is 5.22. The Morgan fingerprint density at radius 2 is 1.67 bits per heavy atom. The summed E-state index contributed by atoms with van der Waals surface area (Å²) in [5.74, 6) is -5.64. The highest BCUT2D eigenvalue weighted by atomic mass is 31.0. The van der Waals surface area contributed by atoms with E-state index in [9.17, 15) is 18.0 Å². The van der Waals surface area contributed by atoms with Gasteiger partial charge in [0.05, 0.1) is 5.41 Å². The van der Waals surface area contributed by atoms with Crippen LogP contribution < -0.4 is 15.5 Å². The summed E-state index contributed by atoms with van der Waals surface area (Å²) in [5, 5.41) is -0.161. The van der Waals surface area contributed by atoms with E-state index in [0.29, 0.717) is 0 Å². The van der Waals surface area contributed by atoms with E-state index < -0.39 is 34.6 Å². The predicted octanol–water partition coefficient (Wildman–Crippen LogP) is 0.814. The summed E-state index contributed by atoms with van der Waals surface area (Å²) in [6.07, 6.45) is 0. The number of ether oxygens (including phenoxy) is 1. The number of rotatable bonds is 1. The summed E-state index contributed by atoms with van der Waals surface area (Å²) in [4.78, 5) is 11.6. The summed E-state index contributed by atoms with van der Waals surface area (Å²) >= 11 is 0. The van der Waals surface area contributed by atoms with E-state index >= 15 is 0 Å². The predicted molar refractivity (Wildman–Crippen MR) is 68.9 cm³/mol. The third kappa shape index (κ3) is 2.69. The lowest BCUT2D eigenvalue weighted by Crippen LogP contribution is -2.32. The smallest absolute Gasteiger partial charge is 0.316 e. The minimum Gasteiger partial charge on any atom is -0.420 e. The molecule has 18 heavy (non-hydrogen) atoms. The van der Waals surface area contributed by atoms with Gasteiger partial charge in [-0.25, -0.2) is 8.78 Å². The van der Waals surface area contributed by atoms with Gasteiger partial charge < -0.3 is 4.74 Å². The topological polar surface area (TPSA) is 26.3 Å². The van der Waals surface area contributed by atoms with Crippen LogP contribution in [0.5, 0.6) is 5.75 Å². The van der Waals surface area contributed by atoms with Gasteiger partial charge in [0.2, 0.25) is 11.6 Å². The Kier molecular flexibility index (Phi) is 4.11. The van der Waals surface area contributed by atoms with Gasteiger partial charge in [-0.15, -0.1) is 9.24 Å². The average Bonchev–Trinajstić information content (AvgIpc) is 2.28. The minimum absolute atomic E-state index is 0.161. The Morgan fingerprint density at radius 1 is 1.17 bits per heavy atom. The number of benzene rings is 1. The second-order valence-corrected chi connectivity index (χ2v) is 5.53. The van der Waals surface area contributed by atoms with Crippen LogP contribution in [-0.2, 0) is 4.79 Å². The van der Waals surface area contributed by atoms with Gasteiger partial charge in [-0.1, -0.05) is 0 Å². The molecular weight excluding hydrogens is 263 g/mol. The molecule has 0 bridgehead atoms. The van der Waals surface area contributed by atoms with E-state index in [1.807, 2.05) is 9.24 Å². The molecule has 0 fully saturated rings. The zero-order valence-corrected chi connectivity index (χ0v) is 11.7. The van der Waals surface area contributed by atoms with Gasteiger partial charge in [0, 0.05) is 5.30 Å². The highest BCUT2D eigenvalue weighted by Crippen LogP contribution is 2.25. The molecule has 7 heteroatoms. The maximum Gasteiger partial charge on any atom is 0.316 e. The van der Waals surface area contributed by atoms with Gasteiger partial charge in [-0.05, 0) is 26.2 Å². The molecule has 1 unspecified atom stereocenters. The van der Waals surface area contributed by atoms with Crippen LogP contribution in [0, 0.1) is 22.9 Å². The first-order valence-corrected chi connectivity index (χ1v) is 5.80. The quantitative estimate of drug-likeness (QED) is 0.249. The van der Waals surface area contributed by atoms with Crippen molar-refractivity contribution in [3.8, 4) is 5.75 Å². The van der Waals surface area contributed by atoms with E-state index in [2.05, 4.69) is 4.74 Å². The minimum atomic E-state index is -1.49. The van der Waals surface area contributed by atoms with Gasteiger partial charge in [-0.2, -0.15) is 4.39 Å². The molecule has 0 aliphatic heterocycles. The summed E-state index contributed by atoms with van der Waals surface area (Å²) in [6, 6.07) is 0. The molecular formula is C11H13BF3O2P. The summed E-state index contributed by atoms with van der Waals surface area (Å²) in [6.45, 7) is 4.58. The fourth-order valence-electron chi connectivity index (χ4n) is 1.10. The second-order valence-electron chi connectivity index (χ2n) is 4.95. The molecule has 1 rings (SSSR count). The Balaban J connectivity index is 3.31. The van der Waals surface area contributed by atoms with Crippen molar-refractivity contribution in [3.05, 3.63) is 17.5 Å². The van der Waals surface area contributed by atoms with Crippen molar-refractivity contribution in [2.24, 2.45) is 5.41 Å². The zero-order valence-electron chi connectivity index (χ0n) is 10.5. The molecule has 0 amide bonds. The van der Waals surface area contributed by atoms with Gasteiger partial charge >= 0.3 is 5.97 Å². The average molecular weight is 276 g/mol. The molecule has 0 aliphatic rings. The molecule has 0 radical (unpaired) electrons. The van der Waals surface area contributed by atoms with Crippen LogP contribution in [0.1, 0.15) is 20.8 Å². The van der Waals surface area contributed by atoms with Gasteiger partial charge in [0.25, 0.3) is 0 Å². The van der Waals surface area contributed by atoms with E-state index in [1.165, 1.54) is 28.6 Å². The first kappa shape index (κ1) is 15.0. The molecule has 1 aromatic rings. The van der Waals surface area contributed by atoms with Gasteiger partial charge in [-0.3, -0.25) is 4.79 Å². The lowest BCUT2D eigenvalue weighted by atomic mass is 9.94. The van der Waals surface area contributed by atoms with Gasteiger partial charge in [0.1, 0.15) is 7.85 Å². The van der Waals surface area contributed by atoms with Gasteiger partial charge in [0.15, 0.2) is 11.6 Å². The Morgan fingerprint density at radius 3 is 2.11 bits per heavy atom. The van der Waals surface area contributed by atoms with Crippen LogP contribution in [0.2, 0.25) is 0 Å². The molecule has 1 atom stereocenters. The highest BCUT2D eigenvalue weighted by Gasteiger charge is 2.29. The van der Waals surface area contributed by atoms with Crippen molar-refractivity contribution in [1.29, 1.82) is 0 Å². The van der Waals surface area contributed by atoms with Crippen LogP contribution in [0.25, 0.3) is 0 Å². The molecule has 98 valence electrons. The molecule has 0 N–H and O–H groups in total. The SMILES string of the molecule is Bc1c(F)c(F)c(OC(=O)C(C)(C)C)c(F)c1P. The Labute approximate surface area is 107 Å². The summed E-state index contributed by atoms with van der Waals surface area (Å²) in [5.41, 5.74) is -1.12. The van der Waals surface area contributed by atoms with Crippen LogP contribution in [0.4, 0.5) is 13.2 Å². The maximum atomic E-state index is 13.7. The fourth-order valence-corrected chi connectivity index (χ4v) is 1.36. The zero-order chi connectivity index (χ0) is 14.2. The number of hydrogen-bond donors (Lipinski definition) is 0. The van der Waals surface area contributed by atoms with Crippen molar-refractivity contribution >= 4 is 33.8 Å².